The molecule has 1 amide bonds. The lowest BCUT2D eigenvalue weighted by Gasteiger charge is -2.09. The lowest BCUT2D eigenvalue weighted by Crippen LogP contribution is -2.15. The minimum absolute atomic E-state index is 0.305. The fraction of sp³-hybridized carbons (Fsp3) is 0.0385. The van der Waals surface area contributed by atoms with Crippen molar-refractivity contribution in [2.45, 2.75) is 0 Å². The molecule has 0 spiro atoms. The van der Waals surface area contributed by atoms with Gasteiger partial charge in [-0.2, -0.15) is 5.10 Å². The van der Waals surface area contributed by atoms with Crippen LogP contribution in [0.25, 0.3) is 11.3 Å². The van der Waals surface area contributed by atoms with E-state index in [0.717, 1.165) is 11.3 Å². The van der Waals surface area contributed by atoms with Crippen LogP contribution in [0.2, 0.25) is 0 Å². The van der Waals surface area contributed by atoms with Gasteiger partial charge in [-0.3, -0.25) is 9.48 Å². The molecule has 5 aromatic rings. The third kappa shape index (κ3) is 5.33. The summed E-state index contributed by atoms with van der Waals surface area (Å²) in [7, 11) is 1.69. The topological polar surface area (TPSA) is 110 Å². The Kier molecular flexibility index (Phi) is 6.31. The average Bonchev–Trinajstić information content (AvgIpc) is 3.28. The first-order chi connectivity index (χ1) is 17.5. The molecule has 0 aliphatic heterocycles. The summed E-state index contributed by atoms with van der Waals surface area (Å²) in [5.41, 5.74) is 3.10. The Balaban J connectivity index is 1.23. The molecule has 3 aromatic heterocycles. The van der Waals surface area contributed by atoms with Crippen LogP contribution in [0.1, 0.15) is 10.5 Å². The second kappa shape index (κ2) is 10.0. The molecule has 0 saturated carbocycles. The van der Waals surface area contributed by atoms with Crippen molar-refractivity contribution in [2.75, 3.05) is 16.0 Å². The van der Waals surface area contributed by atoms with Gasteiger partial charge in [-0.15, -0.1) is 0 Å². The highest BCUT2D eigenvalue weighted by molar-refractivity contribution is 6.03. The summed E-state index contributed by atoms with van der Waals surface area (Å²) in [5.74, 6) is 1.25. The minimum Gasteiger partial charge on any atom is -0.340 e. The zero-order chi connectivity index (χ0) is 24.9. The highest BCUT2D eigenvalue weighted by Crippen LogP contribution is 2.22. The number of aromatic nitrogens is 5. The second-order valence-corrected chi connectivity index (χ2v) is 7.83. The van der Waals surface area contributed by atoms with Crippen LogP contribution < -0.4 is 16.0 Å². The lowest BCUT2D eigenvalue weighted by molar-refractivity contribution is 0.101. The molecule has 0 atom stereocenters. The Labute approximate surface area is 206 Å². The second-order valence-electron chi connectivity index (χ2n) is 7.83. The first-order valence-electron chi connectivity index (χ1n) is 11.0. The summed E-state index contributed by atoms with van der Waals surface area (Å²) < 4.78 is 14.7. The summed E-state index contributed by atoms with van der Waals surface area (Å²) in [6.07, 6.45) is 3.15. The summed E-state index contributed by atoms with van der Waals surface area (Å²) in [6.45, 7) is 0. The van der Waals surface area contributed by atoms with Gasteiger partial charge in [0.25, 0.3) is 5.91 Å². The number of hydrogen-bond acceptors (Lipinski definition) is 7. The number of benzene rings is 2. The number of halogens is 1. The summed E-state index contributed by atoms with van der Waals surface area (Å²) in [6, 6.07) is 22.2. The Morgan fingerprint density at radius 2 is 1.53 bits per heavy atom. The van der Waals surface area contributed by atoms with Crippen LogP contribution in [0.4, 0.5) is 33.2 Å². The van der Waals surface area contributed by atoms with Gasteiger partial charge < -0.3 is 16.0 Å². The number of nitrogens with one attached hydrogen (secondary N) is 3. The molecule has 0 fully saturated rings. The van der Waals surface area contributed by atoms with Gasteiger partial charge in [0.15, 0.2) is 0 Å². The average molecular weight is 481 g/mol. The van der Waals surface area contributed by atoms with Crippen molar-refractivity contribution in [3.8, 4) is 11.3 Å². The molecule has 3 heterocycles. The normalized spacial score (nSPS) is 10.6. The van der Waals surface area contributed by atoms with Crippen molar-refractivity contribution >= 4 is 34.7 Å². The highest BCUT2D eigenvalue weighted by Gasteiger charge is 2.15. The van der Waals surface area contributed by atoms with E-state index in [1.807, 2.05) is 30.3 Å². The van der Waals surface area contributed by atoms with E-state index in [-0.39, 0.29) is 11.7 Å². The minimum atomic E-state index is -0.327. The number of carbonyl (C=O) groups excluding carboxylic acids is 1. The Bertz CT molecular complexity index is 1490. The van der Waals surface area contributed by atoms with E-state index in [1.54, 1.807) is 49.6 Å². The number of rotatable bonds is 7. The highest BCUT2D eigenvalue weighted by atomic mass is 19.1. The maximum Gasteiger partial charge on any atom is 0.273 e. The quantitative estimate of drug-likeness (QED) is 0.295. The third-order valence-corrected chi connectivity index (χ3v) is 5.26. The van der Waals surface area contributed by atoms with Crippen LogP contribution in [0.15, 0.2) is 91.4 Å². The van der Waals surface area contributed by atoms with Crippen LogP contribution >= 0.6 is 0 Å². The smallest absolute Gasteiger partial charge is 0.273 e. The Morgan fingerprint density at radius 1 is 0.806 bits per heavy atom. The van der Waals surface area contributed by atoms with Crippen molar-refractivity contribution < 1.29 is 9.18 Å². The number of hydrogen-bond donors (Lipinski definition) is 3. The molecule has 36 heavy (non-hydrogen) atoms. The predicted octanol–water partition coefficient (Wildman–Crippen LogP) is 5.15. The van der Waals surface area contributed by atoms with Crippen molar-refractivity contribution in [3.63, 3.8) is 0 Å². The largest absolute Gasteiger partial charge is 0.340 e. The van der Waals surface area contributed by atoms with Gasteiger partial charge in [0.2, 0.25) is 0 Å². The standard InChI is InChI=1S/C26H21FN8O/c1-35-22(14-21(34-35)17-5-7-18(27)8-6-17)26(36)32-20-11-9-19(10-12-20)31-24-15-25(30-16-29-24)33-23-4-2-3-13-28-23/h2-16H,1H3,(H,32,36)(H2,28,29,30,31,33). The predicted molar refractivity (Wildman–Crippen MR) is 136 cm³/mol. The fourth-order valence-corrected chi connectivity index (χ4v) is 3.48. The molecule has 9 nitrogen and oxygen atoms in total. The molecule has 5 rings (SSSR count). The Morgan fingerprint density at radius 3 is 2.25 bits per heavy atom. The first kappa shape index (κ1) is 22.7. The molecular weight excluding hydrogens is 459 g/mol. The zero-order valence-corrected chi connectivity index (χ0v) is 19.2. The number of nitrogens with zero attached hydrogens (tertiary/aromatic N) is 5. The third-order valence-electron chi connectivity index (χ3n) is 5.26. The molecule has 2 aromatic carbocycles. The molecule has 0 bridgehead atoms. The van der Waals surface area contributed by atoms with E-state index in [2.05, 4.69) is 36.0 Å². The van der Waals surface area contributed by atoms with Crippen LogP contribution in [-0.2, 0) is 7.05 Å². The van der Waals surface area contributed by atoms with Gasteiger partial charge >= 0.3 is 0 Å². The van der Waals surface area contributed by atoms with Crippen molar-refractivity contribution in [3.05, 3.63) is 103 Å². The molecule has 0 saturated heterocycles. The van der Waals surface area contributed by atoms with Crippen molar-refractivity contribution in [2.24, 2.45) is 7.05 Å². The van der Waals surface area contributed by atoms with Gasteiger partial charge in [-0.1, -0.05) is 6.07 Å². The molecule has 3 N–H and O–H groups in total. The zero-order valence-electron chi connectivity index (χ0n) is 19.2. The van der Waals surface area contributed by atoms with Crippen molar-refractivity contribution in [1.29, 1.82) is 0 Å². The molecule has 0 aliphatic rings. The van der Waals surface area contributed by atoms with E-state index < -0.39 is 0 Å². The summed E-state index contributed by atoms with van der Waals surface area (Å²) in [5, 5.41) is 13.6. The fourth-order valence-electron chi connectivity index (χ4n) is 3.48. The number of carbonyl (C=O) groups is 1. The van der Waals surface area contributed by atoms with Crippen LogP contribution in [0.3, 0.4) is 0 Å². The molecule has 10 heteroatoms. The molecule has 178 valence electrons. The van der Waals surface area contributed by atoms with E-state index in [0.29, 0.717) is 34.5 Å². The molecule has 0 radical (unpaired) electrons. The van der Waals surface area contributed by atoms with E-state index >= 15 is 0 Å². The lowest BCUT2D eigenvalue weighted by atomic mass is 10.1. The molecule has 0 aliphatic carbocycles. The van der Waals surface area contributed by atoms with Gasteiger partial charge in [-0.05, 0) is 66.7 Å². The summed E-state index contributed by atoms with van der Waals surface area (Å²) >= 11 is 0. The monoisotopic (exact) mass is 480 g/mol. The number of aryl methyl sites for hydroxylation is 1. The van der Waals surface area contributed by atoms with Crippen LogP contribution in [-0.4, -0.2) is 30.6 Å². The van der Waals surface area contributed by atoms with Gasteiger partial charge in [-0.25, -0.2) is 19.3 Å². The molecule has 0 unspecified atom stereocenters. The summed E-state index contributed by atoms with van der Waals surface area (Å²) in [4.78, 5) is 25.5. The van der Waals surface area contributed by atoms with Crippen LogP contribution in [0, 0.1) is 5.82 Å². The van der Waals surface area contributed by atoms with Gasteiger partial charge in [0, 0.05) is 36.2 Å². The van der Waals surface area contributed by atoms with Crippen LogP contribution in [0.5, 0.6) is 0 Å². The number of amides is 1. The van der Waals surface area contributed by atoms with E-state index in [1.165, 1.54) is 23.1 Å². The Hall–Kier alpha value is -5.12. The SMILES string of the molecule is Cn1nc(-c2ccc(F)cc2)cc1C(=O)Nc1ccc(Nc2cc(Nc3ccccn3)ncn2)cc1. The van der Waals surface area contributed by atoms with E-state index in [4.69, 9.17) is 0 Å². The number of pyridine rings is 1. The maximum absolute atomic E-state index is 13.2. The van der Waals surface area contributed by atoms with Gasteiger partial charge in [0.1, 0.15) is 35.3 Å². The maximum atomic E-state index is 13.2. The van der Waals surface area contributed by atoms with E-state index in [9.17, 15) is 9.18 Å². The van der Waals surface area contributed by atoms with Crippen molar-refractivity contribution in [1.82, 2.24) is 24.7 Å². The number of anilines is 5. The molecular formula is C26H21FN8O. The van der Waals surface area contributed by atoms with Gasteiger partial charge in [0.05, 0.1) is 5.69 Å². The first-order valence-corrected chi connectivity index (χ1v) is 11.0.